The van der Waals surface area contributed by atoms with Crippen LogP contribution in [0.15, 0.2) is 18.7 Å². The number of nitrogens with zero attached hydrogens (tertiary/aromatic N) is 2. The van der Waals surface area contributed by atoms with Crippen LogP contribution in [0.4, 0.5) is 4.39 Å². The Morgan fingerprint density at radius 1 is 1.41 bits per heavy atom. The van der Waals surface area contributed by atoms with Crippen LogP contribution in [0, 0.1) is 5.82 Å². The van der Waals surface area contributed by atoms with E-state index in [2.05, 4.69) is 18.5 Å². The summed E-state index contributed by atoms with van der Waals surface area (Å²) in [5.41, 5.74) is 1.28. The van der Waals surface area contributed by atoms with Crippen LogP contribution in [0.3, 0.4) is 0 Å². The lowest BCUT2D eigenvalue weighted by molar-refractivity contribution is 0.261. The van der Waals surface area contributed by atoms with Gasteiger partial charge in [-0.25, -0.2) is 4.39 Å². The van der Waals surface area contributed by atoms with E-state index >= 15 is 0 Å². The molecule has 0 aliphatic carbocycles. The van der Waals surface area contributed by atoms with Crippen molar-refractivity contribution in [3.63, 3.8) is 0 Å². The number of likely N-dealkylation sites (N-methyl/N-ethyl adjacent to an activating group) is 2. The first-order valence-electron chi connectivity index (χ1n) is 7.50. The molecule has 0 bridgehead atoms. The lowest BCUT2D eigenvalue weighted by Crippen LogP contribution is -2.35. The number of likely N-dealkylation sites (tertiary alicyclic amines) is 1. The number of halogens is 1. The molecule has 1 aliphatic rings. The molecule has 1 aliphatic heterocycles. The Balaban J connectivity index is 2.26. The fourth-order valence-corrected chi connectivity index (χ4v) is 3.01. The summed E-state index contributed by atoms with van der Waals surface area (Å²) in [5, 5.41) is 0. The SMILES string of the molecule is C=C(c1c(OC)ccc(F)c1OC)N(C)CC1CCCN1C. The zero-order chi connectivity index (χ0) is 16.3. The van der Waals surface area contributed by atoms with Crippen molar-refractivity contribution in [1.82, 2.24) is 9.80 Å². The number of hydrogen-bond donors (Lipinski definition) is 0. The molecular weight excluding hydrogens is 283 g/mol. The number of benzene rings is 1. The molecule has 1 atom stereocenters. The van der Waals surface area contributed by atoms with Gasteiger partial charge < -0.3 is 19.3 Å². The maximum absolute atomic E-state index is 14.0. The minimum Gasteiger partial charge on any atom is -0.496 e. The second-order valence-electron chi connectivity index (χ2n) is 5.76. The average molecular weight is 308 g/mol. The Morgan fingerprint density at radius 3 is 2.68 bits per heavy atom. The van der Waals surface area contributed by atoms with Gasteiger partial charge in [-0.1, -0.05) is 6.58 Å². The van der Waals surface area contributed by atoms with Crippen molar-refractivity contribution in [2.24, 2.45) is 0 Å². The summed E-state index contributed by atoms with van der Waals surface area (Å²) >= 11 is 0. The Hall–Kier alpha value is -1.75. The number of methoxy groups -OCH3 is 2. The van der Waals surface area contributed by atoms with Crippen LogP contribution in [0.5, 0.6) is 11.5 Å². The van der Waals surface area contributed by atoms with Crippen LogP contribution in [-0.2, 0) is 0 Å². The van der Waals surface area contributed by atoms with Crippen molar-refractivity contribution in [2.75, 3.05) is 41.4 Å². The summed E-state index contributed by atoms with van der Waals surface area (Å²) in [6.45, 7) is 6.10. The van der Waals surface area contributed by atoms with E-state index in [0.29, 0.717) is 23.1 Å². The summed E-state index contributed by atoms with van der Waals surface area (Å²) < 4.78 is 24.6. The molecule has 0 aromatic heterocycles. The van der Waals surface area contributed by atoms with Gasteiger partial charge in [-0.3, -0.25) is 0 Å². The second-order valence-corrected chi connectivity index (χ2v) is 5.76. The van der Waals surface area contributed by atoms with Crippen molar-refractivity contribution in [3.05, 3.63) is 30.1 Å². The Bertz CT molecular complexity index is 548. The largest absolute Gasteiger partial charge is 0.496 e. The quantitative estimate of drug-likeness (QED) is 0.807. The summed E-state index contributed by atoms with van der Waals surface area (Å²) in [6, 6.07) is 3.44. The molecule has 0 amide bonds. The molecule has 122 valence electrons. The first kappa shape index (κ1) is 16.6. The lowest BCUT2D eigenvalue weighted by atomic mass is 10.1. The van der Waals surface area contributed by atoms with Gasteiger partial charge in [0.2, 0.25) is 0 Å². The normalized spacial score (nSPS) is 18.3. The molecule has 1 saturated heterocycles. The van der Waals surface area contributed by atoms with Crippen molar-refractivity contribution >= 4 is 5.70 Å². The lowest BCUT2D eigenvalue weighted by Gasteiger charge is -2.30. The van der Waals surface area contributed by atoms with Gasteiger partial charge >= 0.3 is 0 Å². The smallest absolute Gasteiger partial charge is 0.167 e. The van der Waals surface area contributed by atoms with Gasteiger partial charge in [-0.2, -0.15) is 0 Å². The van der Waals surface area contributed by atoms with Gasteiger partial charge in [-0.05, 0) is 38.6 Å². The highest BCUT2D eigenvalue weighted by Gasteiger charge is 2.25. The van der Waals surface area contributed by atoms with E-state index < -0.39 is 5.82 Å². The number of ether oxygens (including phenoxy) is 2. The average Bonchev–Trinajstić information content (AvgIpc) is 2.91. The molecule has 0 saturated carbocycles. The third-order valence-corrected chi connectivity index (χ3v) is 4.40. The second kappa shape index (κ2) is 7.01. The monoisotopic (exact) mass is 308 g/mol. The molecule has 0 radical (unpaired) electrons. The summed E-state index contributed by atoms with van der Waals surface area (Å²) in [4.78, 5) is 4.40. The maximum atomic E-state index is 14.0. The predicted octanol–water partition coefficient (Wildman–Crippen LogP) is 2.84. The fourth-order valence-electron chi connectivity index (χ4n) is 3.01. The molecule has 0 N–H and O–H groups in total. The Kier molecular flexibility index (Phi) is 5.29. The summed E-state index contributed by atoms with van der Waals surface area (Å²) in [6.07, 6.45) is 2.39. The first-order valence-corrected chi connectivity index (χ1v) is 7.50. The van der Waals surface area contributed by atoms with Gasteiger partial charge in [0.05, 0.1) is 19.8 Å². The minimum atomic E-state index is -0.411. The van der Waals surface area contributed by atoms with E-state index in [9.17, 15) is 4.39 Å². The molecule has 2 rings (SSSR count). The predicted molar refractivity (Wildman–Crippen MR) is 86.8 cm³/mol. The molecule has 5 heteroatoms. The van der Waals surface area contributed by atoms with Crippen molar-refractivity contribution in [1.29, 1.82) is 0 Å². The molecule has 0 spiro atoms. The third kappa shape index (κ3) is 3.19. The van der Waals surface area contributed by atoms with E-state index in [4.69, 9.17) is 9.47 Å². The molecule has 22 heavy (non-hydrogen) atoms. The van der Waals surface area contributed by atoms with Crippen molar-refractivity contribution in [3.8, 4) is 11.5 Å². The Morgan fingerprint density at radius 2 is 2.14 bits per heavy atom. The Labute approximate surface area is 132 Å². The van der Waals surface area contributed by atoms with Gasteiger partial charge in [0.15, 0.2) is 11.6 Å². The van der Waals surface area contributed by atoms with E-state index in [-0.39, 0.29) is 5.75 Å². The zero-order valence-corrected chi connectivity index (χ0v) is 13.9. The van der Waals surface area contributed by atoms with Crippen LogP contribution >= 0.6 is 0 Å². The zero-order valence-electron chi connectivity index (χ0n) is 13.9. The summed E-state index contributed by atoms with van der Waals surface area (Å²) in [5.74, 6) is 0.330. The van der Waals surface area contributed by atoms with E-state index in [1.54, 1.807) is 13.2 Å². The molecular formula is C17H25FN2O2. The highest BCUT2D eigenvalue weighted by Crippen LogP contribution is 2.37. The topological polar surface area (TPSA) is 24.9 Å². The van der Waals surface area contributed by atoms with E-state index in [1.807, 2.05) is 11.9 Å². The van der Waals surface area contributed by atoms with Crippen LogP contribution < -0.4 is 9.47 Å². The first-order chi connectivity index (χ1) is 10.5. The van der Waals surface area contributed by atoms with Crippen LogP contribution in [-0.4, -0.2) is 57.2 Å². The van der Waals surface area contributed by atoms with Crippen molar-refractivity contribution < 1.29 is 13.9 Å². The highest BCUT2D eigenvalue weighted by molar-refractivity contribution is 5.73. The standard InChI is InChI=1S/C17H25FN2O2/c1-12(20(3)11-13-7-6-10-19(13)2)16-15(21-4)9-8-14(18)17(16)22-5/h8-9,13H,1,6-7,10-11H2,2-5H3. The number of hydrogen-bond acceptors (Lipinski definition) is 4. The molecule has 1 aromatic rings. The fraction of sp³-hybridized carbons (Fsp3) is 0.529. The van der Waals surface area contributed by atoms with Crippen LogP contribution in [0.1, 0.15) is 18.4 Å². The number of rotatable bonds is 6. The summed E-state index contributed by atoms with van der Waals surface area (Å²) in [7, 11) is 7.13. The van der Waals surface area contributed by atoms with Gasteiger partial charge in [0, 0.05) is 25.3 Å². The molecule has 1 fully saturated rings. The van der Waals surface area contributed by atoms with Crippen LogP contribution in [0.2, 0.25) is 0 Å². The molecule has 1 aromatic carbocycles. The van der Waals surface area contributed by atoms with Crippen molar-refractivity contribution in [2.45, 2.75) is 18.9 Å². The molecule has 4 nitrogen and oxygen atoms in total. The van der Waals surface area contributed by atoms with Crippen LogP contribution in [0.25, 0.3) is 5.70 Å². The third-order valence-electron chi connectivity index (χ3n) is 4.40. The molecule has 1 heterocycles. The maximum Gasteiger partial charge on any atom is 0.167 e. The van der Waals surface area contributed by atoms with Gasteiger partial charge in [-0.15, -0.1) is 0 Å². The van der Waals surface area contributed by atoms with E-state index in [1.165, 1.54) is 26.0 Å². The van der Waals surface area contributed by atoms with E-state index in [0.717, 1.165) is 13.1 Å². The molecule has 1 unspecified atom stereocenters. The minimum absolute atomic E-state index is 0.177. The van der Waals surface area contributed by atoms with Gasteiger partial charge in [0.25, 0.3) is 0 Å². The highest BCUT2D eigenvalue weighted by atomic mass is 19.1. The van der Waals surface area contributed by atoms with Gasteiger partial charge in [0.1, 0.15) is 5.75 Å².